The molecule has 2 atom stereocenters. The summed E-state index contributed by atoms with van der Waals surface area (Å²) in [7, 11) is 2.31. The van der Waals surface area contributed by atoms with Gasteiger partial charge in [-0.05, 0) is 74.8 Å². The highest BCUT2D eigenvalue weighted by Crippen LogP contribution is 2.40. The summed E-state index contributed by atoms with van der Waals surface area (Å²) in [5.41, 5.74) is 1.52. The Labute approximate surface area is 134 Å². The van der Waals surface area contributed by atoms with Crippen LogP contribution in [-0.2, 0) is 0 Å². The molecule has 0 spiro atoms. The third-order valence-electron chi connectivity index (χ3n) is 4.46. The van der Waals surface area contributed by atoms with Crippen molar-refractivity contribution in [3.63, 3.8) is 0 Å². The van der Waals surface area contributed by atoms with Gasteiger partial charge in [0.05, 0.1) is 0 Å². The van der Waals surface area contributed by atoms with Gasteiger partial charge in [-0.15, -0.1) is 11.8 Å². The highest BCUT2D eigenvalue weighted by molar-refractivity contribution is 9.10. The van der Waals surface area contributed by atoms with E-state index >= 15 is 0 Å². The van der Waals surface area contributed by atoms with E-state index in [0.717, 1.165) is 5.92 Å². The SMILES string of the molecule is CN(CC1CCCNC1)C1CCSc2ccc(Br)cc21. The molecule has 2 aliphatic heterocycles. The van der Waals surface area contributed by atoms with Crippen molar-refractivity contribution in [3.05, 3.63) is 28.2 Å². The van der Waals surface area contributed by atoms with Crippen LogP contribution in [-0.4, -0.2) is 37.3 Å². The van der Waals surface area contributed by atoms with Crippen LogP contribution in [0.25, 0.3) is 0 Å². The quantitative estimate of drug-likeness (QED) is 0.885. The van der Waals surface area contributed by atoms with E-state index in [-0.39, 0.29) is 0 Å². The largest absolute Gasteiger partial charge is 0.316 e. The lowest BCUT2D eigenvalue weighted by Gasteiger charge is -2.36. The van der Waals surface area contributed by atoms with Gasteiger partial charge in [0.2, 0.25) is 0 Å². The van der Waals surface area contributed by atoms with Gasteiger partial charge in [-0.1, -0.05) is 15.9 Å². The predicted octanol–water partition coefficient (Wildman–Crippen LogP) is 3.92. The third-order valence-corrected chi connectivity index (χ3v) is 6.07. The lowest BCUT2D eigenvalue weighted by molar-refractivity contribution is 0.182. The first-order valence-electron chi connectivity index (χ1n) is 7.57. The Morgan fingerprint density at radius 1 is 1.40 bits per heavy atom. The van der Waals surface area contributed by atoms with Crippen LogP contribution < -0.4 is 5.32 Å². The van der Waals surface area contributed by atoms with Crippen molar-refractivity contribution in [1.82, 2.24) is 10.2 Å². The average molecular weight is 355 g/mol. The Hall–Kier alpha value is -0.0300. The molecule has 4 heteroatoms. The molecule has 0 amide bonds. The number of nitrogens with one attached hydrogen (secondary N) is 1. The van der Waals surface area contributed by atoms with Gasteiger partial charge in [-0.3, -0.25) is 4.90 Å². The molecule has 20 heavy (non-hydrogen) atoms. The standard InChI is InChI=1S/C16H23BrN2S/c1-19(11-12-3-2-7-18-10-12)15-6-8-20-16-5-4-13(17)9-14(15)16/h4-5,9,12,15,18H,2-3,6-8,10-11H2,1H3. The van der Waals surface area contributed by atoms with Crippen molar-refractivity contribution in [2.45, 2.75) is 30.2 Å². The van der Waals surface area contributed by atoms with Crippen LogP contribution in [0, 0.1) is 5.92 Å². The number of piperidine rings is 1. The van der Waals surface area contributed by atoms with Gasteiger partial charge in [-0.2, -0.15) is 0 Å². The van der Waals surface area contributed by atoms with Crippen molar-refractivity contribution in [2.24, 2.45) is 5.92 Å². The topological polar surface area (TPSA) is 15.3 Å². The summed E-state index contributed by atoms with van der Waals surface area (Å²) in [6.45, 7) is 3.61. The highest BCUT2D eigenvalue weighted by Gasteiger charge is 2.26. The number of nitrogens with zero attached hydrogens (tertiary/aromatic N) is 1. The molecule has 0 radical (unpaired) electrons. The number of thioether (sulfide) groups is 1. The average Bonchev–Trinajstić information content (AvgIpc) is 2.47. The molecule has 2 aliphatic rings. The monoisotopic (exact) mass is 354 g/mol. The second-order valence-electron chi connectivity index (χ2n) is 5.99. The van der Waals surface area contributed by atoms with E-state index in [0.29, 0.717) is 6.04 Å². The van der Waals surface area contributed by atoms with Gasteiger partial charge in [-0.25, -0.2) is 0 Å². The number of rotatable bonds is 3. The molecule has 0 aromatic heterocycles. The first kappa shape index (κ1) is 14.9. The Morgan fingerprint density at radius 3 is 3.10 bits per heavy atom. The lowest BCUT2D eigenvalue weighted by atomic mass is 9.96. The molecular formula is C16H23BrN2S. The fraction of sp³-hybridized carbons (Fsp3) is 0.625. The fourth-order valence-corrected chi connectivity index (χ4v) is 4.89. The second kappa shape index (κ2) is 6.82. The zero-order valence-corrected chi connectivity index (χ0v) is 14.5. The molecule has 1 aromatic carbocycles. The molecule has 1 saturated heterocycles. The van der Waals surface area contributed by atoms with E-state index in [2.05, 4.69) is 51.4 Å². The van der Waals surface area contributed by atoms with E-state index in [4.69, 9.17) is 0 Å². The van der Waals surface area contributed by atoms with Crippen molar-refractivity contribution >= 4 is 27.7 Å². The minimum Gasteiger partial charge on any atom is -0.316 e. The Bertz CT molecular complexity index is 460. The van der Waals surface area contributed by atoms with Crippen molar-refractivity contribution in [2.75, 3.05) is 32.4 Å². The summed E-state index contributed by atoms with van der Waals surface area (Å²) in [4.78, 5) is 4.06. The van der Waals surface area contributed by atoms with Crippen LogP contribution in [0.15, 0.2) is 27.6 Å². The molecule has 0 saturated carbocycles. The van der Waals surface area contributed by atoms with E-state index < -0.39 is 0 Å². The Balaban J connectivity index is 1.72. The van der Waals surface area contributed by atoms with Crippen LogP contribution >= 0.6 is 27.7 Å². The minimum atomic E-state index is 0.589. The Morgan fingerprint density at radius 2 is 2.30 bits per heavy atom. The van der Waals surface area contributed by atoms with Crippen molar-refractivity contribution in [3.8, 4) is 0 Å². The molecule has 2 unspecified atom stereocenters. The molecule has 1 aromatic rings. The van der Waals surface area contributed by atoms with Gasteiger partial charge in [0.1, 0.15) is 0 Å². The summed E-state index contributed by atoms with van der Waals surface area (Å²) >= 11 is 5.63. The first-order chi connectivity index (χ1) is 9.74. The number of hydrogen-bond donors (Lipinski definition) is 1. The van der Waals surface area contributed by atoms with Gasteiger partial charge < -0.3 is 5.32 Å². The summed E-state index contributed by atoms with van der Waals surface area (Å²) < 4.78 is 1.21. The predicted molar refractivity (Wildman–Crippen MR) is 90.4 cm³/mol. The van der Waals surface area contributed by atoms with Gasteiger partial charge in [0.25, 0.3) is 0 Å². The molecular weight excluding hydrogens is 332 g/mol. The summed E-state index contributed by atoms with van der Waals surface area (Å²) in [5, 5.41) is 3.53. The van der Waals surface area contributed by atoms with Crippen LogP contribution in [0.5, 0.6) is 0 Å². The number of fused-ring (bicyclic) bond motifs is 1. The summed E-state index contributed by atoms with van der Waals surface area (Å²) in [6.07, 6.45) is 3.98. The maximum absolute atomic E-state index is 3.63. The molecule has 0 aliphatic carbocycles. The zero-order chi connectivity index (χ0) is 13.9. The zero-order valence-electron chi connectivity index (χ0n) is 12.1. The third kappa shape index (κ3) is 3.41. The minimum absolute atomic E-state index is 0.589. The van der Waals surface area contributed by atoms with E-state index in [9.17, 15) is 0 Å². The molecule has 1 fully saturated rings. The Kier molecular flexibility index (Phi) is 5.08. The molecule has 2 heterocycles. The molecule has 3 rings (SSSR count). The first-order valence-corrected chi connectivity index (χ1v) is 9.35. The van der Waals surface area contributed by atoms with E-state index in [1.165, 1.54) is 59.6 Å². The maximum atomic E-state index is 3.63. The second-order valence-corrected chi connectivity index (χ2v) is 8.04. The van der Waals surface area contributed by atoms with Crippen molar-refractivity contribution in [1.29, 1.82) is 0 Å². The highest BCUT2D eigenvalue weighted by atomic mass is 79.9. The van der Waals surface area contributed by atoms with E-state index in [1.807, 2.05) is 11.8 Å². The maximum Gasteiger partial charge on any atom is 0.0364 e. The summed E-state index contributed by atoms with van der Waals surface area (Å²) in [6, 6.07) is 7.35. The number of hydrogen-bond acceptors (Lipinski definition) is 3. The van der Waals surface area contributed by atoms with Crippen molar-refractivity contribution < 1.29 is 0 Å². The number of benzene rings is 1. The van der Waals surface area contributed by atoms with Crippen LogP contribution in [0.2, 0.25) is 0 Å². The van der Waals surface area contributed by atoms with E-state index in [1.54, 1.807) is 0 Å². The van der Waals surface area contributed by atoms with Gasteiger partial charge in [0, 0.05) is 22.0 Å². The number of halogens is 1. The summed E-state index contributed by atoms with van der Waals surface area (Å²) in [5.74, 6) is 2.06. The van der Waals surface area contributed by atoms with Crippen LogP contribution in [0.1, 0.15) is 30.9 Å². The molecule has 0 bridgehead atoms. The molecule has 1 N–H and O–H groups in total. The smallest absolute Gasteiger partial charge is 0.0364 e. The lowest BCUT2D eigenvalue weighted by Crippen LogP contribution is -2.38. The van der Waals surface area contributed by atoms with Gasteiger partial charge >= 0.3 is 0 Å². The van der Waals surface area contributed by atoms with Crippen LogP contribution in [0.4, 0.5) is 0 Å². The van der Waals surface area contributed by atoms with Gasteiger partial charge in [0.15, 0.2) is 0 Å². The molecule has 2 nitrogen and oxygen atoms in total. The molecule has 110 valence electrons. The fourth-order valence-electron chi connectivity index (χ4n) is 3.42. The normalized spacial score (nSPS) is 26.6. The van der Waals surface area contributed by atoms with Crippen LogP contribution in [0.3, 0.4) is 0 Å².